The molecular formula is C16H15NO5S. The number of hydrogen-bond donors (Lipinski definition) is 1. The highest BCUT2D eigenvalue weighted by molar-refractivity contribution is 7.90. The number of ether oxygens (including phenoxy) is 1. The van der Waals surface area contributed by atoms with E-state index in [1.165, 1.54) is 43.3 Å². The van der Waals surface area contributed by atoms with E-state index in [1.54, 1.807) is 12.1 Å². The number of carbonyl (C=O) groups is 2. The molecule has 0 heterocycles. The third-order valence-electron chi connectivity index (χ3n) is 2.93. The van der Waals surface area contributed by atoms with Crippen molar-refractivity contribution in [1.29, 1.82) is 0 Å². The molecule has 0 aliphatic heterocycles. The van der Waals surface area contributed by atoms with E-state index in [0.29, 0.717) is 5.69 Å². The molecule has 0 aliphatic carbocycles. The number of para-hydroxylation sites is 1. The zero-order valence-electron chi connectivity index (χ0n) is 12.6. The highest BCUT2D eigenvalue weighted by atomic mass is 32.2. The van der Waals surface area contributed by atoms with Gasteiger partial charge in [0.25, 0.3) is 5.91 Å². The summed E-state index contributed by atoms with van der Waals surface area (Å²) < 4.78 is 27.8. The summed E-state index contributed by atoms with van der Waals surface area (Å²) in [4.78, 5) is 23.5. The lowest BCUT2D eigenvalue weighted by Gasteiger charge is -2.10. The van der Waals surface area contributed by atoms with Gasteiger partial charge < -0.3 is 10.1 Å². The van der Waals surface area contributed by atoms with Crippen LogP contribution >= 0.6 is 0 Å². The van der Waals surface area contributed by atoms with Crippen molar-refractivity contribution in [3.05, 3.63) is 54.1 Å². The van der Waals surface area contributed by atoms with Gasteiger partial charge in [0.1, 0.15) is 5.75 Å². The molecule has 0 unspecified atom stereocenters. The zero-order valence-corrected chi connectivity index (χ0v) is 13.4. The van der Waals surface area contributed by atoms with Crippen LogP contribution in [0.1, 0.15) is 17.3 Å². The summed E-state index contributed by atoms with van der Waals surface area (Å²) in [5.41, 5.74) is 0.634. The first kappa shape index (κ1) is 16.7. The molecule has 2 rings (SSSR count). The molecule has 1 amide bonds. The third-order valence-corrected chi connectivity index (χ3v) is 4.05. The summed E-state index contributed by atoms with van der Waals surface area (Å²) in [6.07, 6.45) is 1.11. The first-order valence-electron chi connectivity index (χ1n) is 6.66. The van der Waals surface area contributed by atoms with Gasteiger partial charge in [-0.05, 0) is 36.4 Å². The molecule has 6 nitrogen and oxygen atoms in total. The molecule has 0 saturated carbocycles. The number of amides is 1. The number of hydrogen-bond acceptors (Lipinski definition) is 5. The number of sulfone groups is 1. The Morgan fingerprint density at radius 2 is 1.61 bits per heavy atom. The van der Waals surface area contributed by atoms with Crippen LogP contribution in [0.2, 0.25) is 0 Å². The fourth-order valence-corrected chi connectivity index (χ4v) is 2.51. The van der Waals surface area contributed by atoms with E-state index in [9.17, 15) is 18.0 Å². The minimum Gasteiger partial charge on any atom is -0.426 e. The van der Waals surface area contributed by atoms with Crippen LogP contribution in [0.25, 0.3) is 0 Å². The molecule has 0 bridgehead atoms. The third kappa shape index (κ3) is 4.40. The first-order chi connectivity index (χ1) is 10.8. The molecule has 0 aromatic heterocycles. The van der Waals surface area contributed by atoms with Gasteiger partial charge in [0.05, 0.1) is 10.5 Å². The van der Waals surface area contributed by atoms with Gasteiger partial charge in [-0.15, -0.1) is 0 Å². The van der Waals surface area contributed by atoms with Crippen LogP contribution < -0.4 is 10.1 Å². The van der Waals surface area contributed by atoms with E-state index in [1.807, 2.05) is 0 Å². The summed E-state index contributed by atoms with van der Waals surface area (Å²) in [6, 6.07) is 12.1. The maximum atomic E-state index is 12.3. The lowest BCUT2D eigenvalue weighted by Crippen LogP contribution is -2.14. The average molecular weight is 333 g/mol. The summed E-state index contributed by atoms with van der Waals surface area (Å²) in [5, 5.41) is 2.63. The molecule has 2 aromatic carbocycles. The van der Waals surface area contributed by atoms with Gasteiger partial charge in [-0.3, -0.25) is 9.59 Å². The second-order valence-electron chi connectivity index (χ2n) is 4.84. The lowest BCUT2D eigenvalue weighted by molar-refractivity contribution is -0.131. The summed E-state index contributed by atoms with van der Waals surface area (Å²) in [6.45, 7) is 1.25. The summed E-state index contributed by atoms with van der Waals surface area (Å²) >= 11 is 0. The Hall–Kier alpha value is -2.67. The molecule has 0 radical (unpaired) electrons. The normalized spacial score (nSPS) is 10.9. The standard InChI is InChI=1S/C16H15NO5S/c1-11(18)22-15-6-4-3-5-14(15)16(19)17-12-7-9-13(10-8-12)23(2,20)21/h3-10H,1-2H3,(H,17,19). The minimum atomic E-state index is -3.29. The SMILES string of the molecule is CC(=O)Oc1ccccc1C(=O)Nc1ccc(S(C)(=O)=O)cc1. The highest BCUT2D eigenvalue weighted by Gasteiger charge is 2.14. The Kier molecular flexibility index (Phi) is 4.80. The van der Waals surface area contributed by atoms with Crippen LogP contribution in [0.4, 0.5) is 5.69 Å². The number of anilines is 1. The highest BCUT2D eigenvalue weighted by Crippen LogP contribution is 2.20. The topological polar surface area (TPSA) is 89.5 Å². The monoisotopic (exact) mass is 333 g/mol. The van der Waals surface area contributed by atoms with Gasteiger partial charge in [-0.25, -0.2) is 8.42 Å². The quantitative estimate of drug-likeness (QED) is 0.685. The molecule has 0 spiro atoms. The van der Waals surface area contributed by atoms with Gasteiger partial charge in [0.15, 0.2) is 9.84 Å². The zero-order chi connectivity index (χ0) is 17.0. The average Bonchev–Trinajstić information content (AvgIpc) is 2.46. The second-order valence-corrected chi connectivity index (χ2v) is 6.86. The van der Waals surface area contributed by atoms with Crippen LogP contribution in [0, 0.1) is 0 Å². The molecule has 120 valence electrons. The molecule has 0 aliphatic rings. The van der Waals surface area contributed by atoms with Gasteiger partial charge in [0.2, 0.25) is 0 Å². The van der Waals surface area contributed by atoms with Crippen molar-refractivity contribution in [3.8, 4) is 5.75 Å². The Morgan fingerprint density at radius 3 is 2.17 bits per heavy atom. The predicted molar refractivity (Wildman–Crippen MR) is 85.3 cm³/mol. The molecule has 0 saturated heterocycles. The van der Waals surface area contributed by atoms with E-state index < -0.39 is 21.7 Å². The molecule has 1 N–H and O–H groups in total. The van der Waals surface area contributed by atoms with Crippen molar-refractivity contribution in [3.63, 3.8) is 0 Å². The molecular weight excluding hydrogens is 318 g/mol. The van der Waals surface area contributed by atoms with Crippen LogP contribution in [-0.2, 0) is 14.6 Å². The minimum absolute atomic E-state index is 0.158. The molecule has 23 heavy (non-hydrogen) atoms. The Bertz CT molecular complexity index is 841. The van der Waals surface area contributed by atoms with Gasteiger partial charge in [0, 0.05) is 18.9 Å². The van der Waals surface area contributed by atoms with Crippen molar-refractivity contribution in [1.82, 2.24) is 0 Å². The van der Waals surface area contributed by atoms with E-state index >= 15 is 0 Å². The fraction of sp³-hybridized carbons (Fsp3) is 0.125. The van der Waals surface area contributed by atoms with Crippen LogP contribution in [0.15, 0.2) is 53.4 Å². The molecule has 0 atom stereocenters. The Labute approximate surface area is 134 Å². The van der Waals surface area contributed by atoms with Crippen molar-refractivity contribution in [2.24, 2.45) is 0 Å². The van der Waals surface area contributed by atoms with Crippen LogP contribution in [-0.4, -0.2) is 26.6 Å². The second kappa shape index (κ2) is 6.62. The number of benzene rings is 2. The smallest absolute Gasteiger partial charge is 0.308 e. The molecule has 2 aromatic rings. The van der Waals surface area contributed by atoms with Crippen molar-refractivity contribution in [2.45, 2.75) is 11.8 Å². The summed E-state index contributed by atoms with van der Waals surface area (Å²) in [7, 11) is -3.29. The Morgan fingerprint density at radius 1 is 1.00 bits per heavy atom. The van der Waals surface area contributed by atoms with Crippen molar-refractivity contribution in [2.75, 3.05) is 11.6 Å². The van der Waals surface area contributed by atoms with E-state index in [4.69, 9.17) is 4.74 Å². The van der Waals surface area contributed by atoms with Crippen LogP contribution in [0.5, 0.6) is 5.75 Å². The maximum absolute atomic E-state index is 12.3. The predicted octanol–water partition coefficient (Wildman–Crippen LogP) is 2.27. The number of carbonyl (C=O) groups excluding carboxylic acids is 2. The van der Waals surface area contributed by atoms with Crippen molar-refractivity contribution < 1.29 is 22.7 Å². The first-order valence-corrected chi connectivity index (χ1v) is 8.55. The van der Waals surface area contributed by atoms with Gasteiger partial charge >= 0.3 is 5.97 Å². The van der Waals surface area contributed by atoms with E-state index in [2.05, 4.69) is 5.32 Å². The van der Waals surface area contributed by atoms with E-state index in [-0.39, 0.29) is 16.2 Å². The number of rotatable bonds is 4. The molecule has 7 heteroatoms. The number of nitrogens with one attached hydrogen (secondary N) is 1. The Balaban J connectivity index is 2.21. The fourth-order valence-electron chi connectivity index (χ4n) is 1.88. The number of esters is 1. The lowest BCUT2D eigenvalue weighted by atomic mass is 10.2. The van der Waals surface area contributed by atoms with E-state index in [0.717, 1.165) is 6.26 Å². The van der Waals surface area contributed by atoms with Crippen LogP contribution in [0.3, 0.4) is 0 Å². The summed E-state index contributed by atoms with van der Waals surface area (Å²) in [5.74, 6) is -0.832. The van der Waals surface area contributed by atoms with Crippen molar-refractivity contribution >= 4 is 27.4 Å². The van der Waals surface area contributed by atoms with Gasteiger partial charge in [-0.2, -0.15) is 0 Å². The molecule has 0 fully saturated rings. The largest absolute Gasteiger partial charge is 0.426 e. The van der Waals surface area contributed by atoms with Gasteiger partial charge in [-0.1, -0.05) is 12.1 Å². The maximum Gasteiger partial charge on any atom is 0.308 e.